The summed E-state index contributed by atoms with van der Waals surface area (Å²) in [7, 11) is -4.01. The first-order valence-corrected chi connectivity index (χ1v) is 12.5. The van der Waals surface area contributed by atoms with E-state index in [9.17, 15) is 18.0 Å². The van der Waals surface area contributed by atoms with Crippen LogP contribution in [0.5, 0.6) is 0 Å². The van der Waals surface area contributed by atoms with Gasteiger partial charge in [-0.25, -0.2) is 13.2 Å². The Labute approximate surface area is 214 Å². The monoisotopic (exact) mass is 574 g/mol. The van der Waals surface area contributed by atoms with Crippen molar-refractivity contribution in [2.24, 2.45) is 0 Å². The molecule has 1 N–H and O–H groups in total. The smallest absolute Gasteiger partial charge is 0.340 e. The Hall–Kier alpha value is -1.30. The molecule has 1 amide bonds. The van der Waals surface area contributed by atoms with Gasteiger partial charge in [-0.05, 0) is 24.3 Å². The lowest BCUT2D eigenvalue weighted by molar-refractivity contribution is -0.119. The summed E-state index contributed by atoms with van der Waals surface area (Å²) in [4.78, 5) is 24.4. The number of morpholine rings is 1. The lowest BCUT2D eigenvalue weighted by atomic mass is 10.2. The molecular formula is C19H15Cl5N2O6S. The fraction of sp³-hybridized carbons (Fsp3) is 0.263. The van der Waals surface area contributed by atoms with Crippen molar-refractivity contribution in [1.82, 2.24) is 4.31 Å². The van der Waals surface area contributed by atoms with E-state index in [1.165, 1.54) is 16.4 Å². The summed E-state index contributed by atoms with van der Waals surface area (Å²) in [6.45, 7) is 0.0333. The van der Waals surface area contributed by atoms with Crippen molar-refractivity contribution in [3.63, 3.8) is 0 Å². The number of sulfonamides is 1. The van der Waals surface area contributed by atoms with Crippen molar-refractivity contribution in [1.29, 1.82) is 0 Å². The Bertz CT molecular complexity index is 1200. The van der Waals surface area contributed by atoms with Gasteiger partial charge >= 0.3 is 5.97 Å². The number of rotatable bonds is 6. The second-order valence-corrected chi connectivity index (χ2v) is 10.6. The molecule has 1 saturated heterocycles. The average Bonchev–Trinajstić information content (AvgIpc) is 2.76. The van der Waals surface area contributed by atoms with Crippen LogP contribution in [0.2, 0.25) is 25.1 Å². The fourth-order valence-corrected chi connectivity index (χ4v) is 5.65. The fourth-order valence-electron chi connectivity index (χ4n) is 2.82. The standard InChI is InChI=1S/C19H15Cl5N2O6S/c20-11-6-15(24)17(33(29,30)26-1-3-31-4-2-26)5-10(11)19(28)32-9-18(27)25-16-8-13(22)12(21)7-14(16)23/h5-8H,1-4,9H2,(H,25,27). The molecule has 0 bridgehead atoms. The van der Waals surface area contributed by atoms with Gasteiger partial charge in [0.1, 0.15) is 4.90 Å². The molecule has 1 fully saturated rings. The molecule has 0 aliphatic carbocycles. The first-order valence-electron chi connectivity index (χ1n) is 9.19. The molecule has 0 spiro atoms. The number of ether oxygens (including phenoxy) is 2. The molecular weight excluding hydrogens is 562 g/mol. The van der Waals surface area contributed by atoms with Gasteiger partial charge in [-0.3, -0.25) is 4.79 Å². The van der Waals surface area contributed by atoms with Crippen LogP contribution in [0.25, 0.3) is 0 Å². The summed E-state index contributed by atoms with van der Waals surface area (Å²) >= 11 is 29.9. The van der Waals surface area contributed by atoms with Gasteiger partial charge in [0.15, 0.2) is 6.61 Å². The van der Waals surface area contributed by atoms with Crippen LogP contribution in [-0.4, -0.2) is 57.5 Å². The predicted octanol–water partition coefficient (Wildman–Crippen LogP) is 4.77. The third-order valence-electron chi connectivity index (χ3n) is 4.45. The van der Waals surface area contributed by atoms with Crippen molar-refractivity contribution in [3.8, 4) is 0 Å². The topological polar surface area (TPSA) is 102 Å². The molecule has 0 aromatic heterocycles. The molecule has 2 aromatic rings. The summed E-state index contributed by atoms with van der Waals surface area (Å²) in [5.74, 6) is -1.75. The number of hydrogen-bond donors (Lipinski definition) is 1. The SMILES string of the molecule is O=C(COC(=O)c1cc(S(=O)(=O)N2CCOCC2)c(Cl)cc1Cl)Nc1cc(Cl)c(Cl)cc1Cl. The average molecular weight is 577 g/mol. The number of carbonyl (C=O) groups is 2. The van der Waals surface area contributed by atoms with Crippen molar-refractivity contribution in [2.45, 2.75) is 4.90 Å². The van der Waals surface area contributed by atoms with Crippen LogP contribution in [-0.2, 0) is 24.3 Å². The predicted molar refractivity (Wildman–Crippen MR) is 126 cm³/mol. The summed E-state index contributed by atoms with van der Waals surface area (Å²) in [6, 6.07) is 4.83. The van der Waals surface area contributed by atoms with E-state index in [1.807, 2.05) is 0 Å². The van der Waals surface area contributed by atoms with E-state index in [1.54, 1.807) is 0 Å². The zero-order chi connectivity index (χ0) is 24.3. The first kappa shape index (κ1) is 26.3. The lowest BCUT2D eigenvalue weighted by Crippen LogP contribution is -2.40. The molecule has 8 nitrogen and oxygen atoms in total. The van der Waals surface area contributed by atoms with Crippen LogP contribution in [0.4, 0.5) is 5.69 Å². The number of esters is 1. The van der Waals surface area contributed by atoms with E-state index >= 15 is 0 Å². The molecule has 178 valence electrons. The van der Waals surface area contributed by atoms with Crippen molar-refractivity contribution < 1.29 is 27.5 Å². The molecule has 1 aliphatic rings. The van der Waals surface area contributed by atoms with Gasteiger partial charge in [-0.2, -0.15) is 4.31 Å². The molecule has 0 radical (unpaired) electrons. The molecule has 2 aromatic carbocycles. The Balaban J connectivity index is 1.74. The summed E-state index contributed by atoms with van der Waals surface area (Å²) < 4.78 is 37.2. The van der Waals surface area contributed by atoms with Crippen LogP contribution in [0.3, 0.4) is 0 Å². The number of carbonyl (C=O) groups excluding carboxylic acids is 2. The van der Waals surface area contributed by atoms with E-state index in [2.05, 4.69) is 5.32 Å². The molecule has 3 rings (SSSR count). The number of nitrogens with zero attached hydrogens (tertiary/aromatic N) is 1. The largest absolute Gasteiger partial charge is 0.452 e. The van der Waals surface area contributed by atoms with Crippen LogP contribution in [0.15, 0.2) is 29.2 Å². The normalized spacial score (nSPS) is 14.7. The summed E-state index contributed by atoms with van der Waals surface area (Å²) in [6.07, 6.45) is 0. The zero-order valence-electron chi connectivity index (χ0n) is 16.5. The highest BCUT2D eigenvalue weighted by Crippen LogP contribution is 2.33. The van der Waals surface area contributed by atoms with Crippen LogP contribution in [0, 0.1) is 0 Å². The highest BCUT2D eigenvalue weighted by Gasteiger charge is 2.30. The number of anilines is 1. The molecule has 14 heteroatoms. The third-order valence-corrected chi connectivity index (χ3v) is 8.16. The van der Waals surface area contributed by atoms with E-state index < -0.39 is 28.5 Å². The van der Waals surface area contributed by atoms with E-state index in [0.717, 1.165) is 12.1 Å². The van der Waals surface area contributed by atoms with Crippen LogP contribution >= 0.6 is 58.0 Å². The number of amides is 1. The first-order chi connectivity index (χ1) is 15.5. The second-order valence-electron chi connectivity index (χ2n) is 6.65. The van der Waals surface area contributed by atoms with Gasteiger partial charge < -0.3 is 14.8 Å². The maximum atomic E-state index is 12.9. The lowest BCUT2D eigenvalue weighted by Gasteiger charge is -2.26. The Morgan fingerprint density at radius 3 is 2.18 bits per heavy atom. The van der Waals surface area contributed by atoms with Crippen LogP contribution in [0.1, 0.15) is 10.4 Å². The molecule has 0 saturated carbocycles. The van der Waals surface area contributed by atoms with Gasteiger partial charge in [0.2, 0.25) is 10.0 Å². The number of benzene rings is 2. The van der Waals surface area contributed by atoms with Gasteiger partial charge in [0.05, 0.1) is 49.6 Å². The van der Waals surface area contributed by atoms with E-state index in [4.69, 9.17) is 67.5 Å². The Morgan fingerprint density at radius 2 is 1.52 bits per heavy atom. The van der Waals surface area contributed by atoms with Gasteiger partial charge in [0.25, 0.3) is 5.91 Å². The number of hydrogen-bond acceptors (Lipinski definition) is 6. The van der Waals surface area contributed by atoms with Gasteiger partial charge in [0, 0.05) is 13.1 Å². The highest BCUT2D eigenvalue weighted by molar-refractivity contribution is 7.89. The van der Waals surface area contributed by atoms with Crippen molar-refractivity contribution in [3.05, 3.63) is 54.9 Å². The van der Waals surface area contributed by atoms with Gasteiger partial charge in [-0.15, -0.1) is 0 Å². The third kappa shape index (κ3) is 6.23. The molecule has 1 heterocycles. The number of nitrogens with one attached hydrogen (secondary N) is 1. The second kappa shape index (κ2) is 11.0. The maximum absolute atomic E-state index is 12.9. The van der Waals surface area contributed by atoms with Crippen molar-refractivity contribution >= 4 is 85.6 Å². The molecule has 0 unspecified atom stereocenters. The Morgan fingerprint density at radius 1 is 0.909 bits per heavy atom. The summed E-state index contributed by atoms with van der Waals surface area (Å²) in [5, 5.41) is 2.62. The van der Waals surface area contributed by atoms with Gasteiger partial charge in [-0.1, -0.05) is 58.0 Å². The summed E-state index contributed by atoms with van der Waals surface area (Å²) in [5.41, 5.74) is -0.108. The number of halogens is 5. The minimum atomic E-state index is -4.01. The van der Waals surface area contributed by atoms with E-state index in [-0.39, 0.29) is 67.6 Å². The quantitative estimate of drug-likeness (QED) is 0.393. The molecule has 33 heavy (non-hydrogen) atoms. The minimum absolute atomic E-state index is 0.128. The van der Waals surface area contributed by atoms with Crippen molar-refractivity contribution in [2.75, 3.05) is 38.2 Å². The maximum Gasteiger partial charge on any atom is 0.340 e. The Kier molecular flexibility index (Phi) is 8.74. The van der Waals surface area contributed by atoms with E-state index in [0.29, 0.717) is 0 Å². The molecule has 0 atom stereocenters. The zero-order valence-corrected chi connectivity index (χ0v) is 21.1. The molecule has 1 aliphatic heterocycles. The highest BCUT2D eigenvalue weighted by atomic mass is 35.5. The minimum Gasteiger partial charge on any atom is -0.452 e. The van der Waals surface area contributed by atoms with Crippen LogP contribution < -0.4 is 5.32 Å².